The van der Waals surface area contributed by atoms with Crippen molar-refractivity contribution in [2.24, 2.45) is 11.8 Å². The Morgan fingerprint density at radius 3 is 2.67 bits per heavy atom. The molecule has 18 heavy (non-hydrogen) atoms. The summed E-state index contributed by atoms with van der Waals surface area (Å²) in [5.41, 5.74) is 0.424. The van der Waals surface area contributed by atoms with Gasteiger partial charge >= 0.3 is 6.03 Å². The molecule has 4 nitrogen and oxygen atoms in total. The predicted octanol–water partition coefficient (Wildman–Crippen LogP) is 2.09. The van der Waals surface area contributed by atoms with Gasteiger partial charge in [0.05, 0.1) is 5.70 Å². The highest BCUT2D eigenvalue weighted by atomic mass is 16.2. The maximum atomic E-state index is 12.2. The number of urea groups is 1. The lowest BCUT2D eigenvalue weighted by Crippen LogP contribution is -2.41. The number of ketones is 1. The molecule has 2 amide bonds. The number of rotatable bonds is 2. The van der Waals surface area contributed by atoms with Crippen LogP contribution in [0.25, 0.3) is 0 Å². The van der Waals surface area contributed by atoms with Gasteiger partial charge in [-0.15, -0.1) is 0 Å². The zero-order chi connectivity index (χ0) is 13.1. The van der Waals surface area contributed by atoms with Gasteiger partial charge in [-0.05, 0) is 24.8 Å². The zero-order valence-electron chi connectivity index (χ0n) is 11.0. The molecule has 4 heteroatoms. The third-order valence-electron chi connectivity index (χ3n) is 3.50. The summed E-state index contributed by atoms with van der Waals surface area (Å²) in [6.07, 6.45) is 7.54. The summed E-state index contributed by atoms with van der Waals surface area (Å²) < 4.78 is 0. The molecule has 1 unspecified atom stereocenters. The van der Waals surface area contributed by atoms with E-state index in [2.05, 4.69) is 5.32 Å². The minimum atomic E-state index is -0.148. The summed E-state index contributed by atoms with van der Waals surface area (Å²) in [6.45, 7) is 5.60. The summed E-state index contributed by atoms with van der Waals surface area (Å²) in [5, 5.41) is 2.74. The Labute approximate surface area is 108 Å². The van der Waals surface area contributed by atoms with Crippen LogP contribution in [0.4, 0.5) is 4.79 Å². The van der Waals surface area contributed by atoms with E-state index in [4.69, 9.17) is 0 Å². The standard InChI is InChI=1S/C14H20N2O2/c1-10(2)11-6-5-7-12(13(11)17)15-14(18)16-8-3-4-9-16/h5-7,10-11H,3-4,8-9H2,1-2H3,(H,15,18). The highest BCUT2D eigenvalue weighted by Crippen LogP contribution is 2.21. The Morgan fingerprint density at radius 1 is 1.39 bits per heavy atom. The summed E-state index contributed by atoms with van der Waals surface area (Å²) in [7, 11) is 0. The van der Waals surface area contributed by atoms with Gasteiger partial charge in [0.15, 0.2) is 5.78 Å². The molecule has 0 radical (unpaired) electrons. The number of hydrogen-bond donors (Lipinski definition) is 1. The van der Waals surface area contributed by atoms with E-state index < -0.39 is 0 Å². The van der Waals surface area contributed by atoms with Crippen LogP contribution in [0.3, 0.4) is 0 Å². The third-order valence-corrected chi connectivity index (χ3v) is 3.50. The Hall–Kier alpha value is -1.58. The summed E-state index contributed by atoms with van der Waals surface area (Å²) in [6, 6.07) is -0.148. The molecule has 2 rings (SSSR count). The predicted molar refractivity (Wildman–Crippen MR) is 69.9 cm³/mol. The van der Waals surface area contributed by atoms with Crippen molar-refractivity contribution in [1.29, 1.82) is 0 Å². The summed E-state index contributed by atoms with van der Waals surface area (Å²) in [5.74, 6) is 0.144. The number of carbonyl (C=O) groups excluding carboxylic acids is 2. The highest BCUT2D eigenvalue weighted by molar-refractivity contribution is 6.02. The fourth-order valence-electron chi connectivity index (χ4n) is 2.36. The van der Waals surface area contributed by atoms with Crippen LogP contribution >= 0.6 is 0 Å². The number of nitrogens with one attached hydrogen (secondary N) is 1. The molecule has 0 aromatic heterocycles. The number of likely N-dealkylation sites (tertiary alicyclic amines) is 1. The fourth-order valence-corrected chi connectivity index (χ4v) is 2.36. The van der Waals surface area contributed by atoms with Crippen molar-refractivity contribution in [2.45, 2.75) is 26.7 Å². The summed E-state index contributed by atoms with van der Waals surface area (Å²) in [4.78, 5) is 25.9. The molecule has 1 heterocycles. The van der Waals surface area contributed by atoms with E-state index in [0.29, 0.717) is 5.70 Å². The number of amides is 2. The van der Waals surface area contributed by atoms with Gasteiger partial charge in [-0.2, -0.15) is 0 Å². The van der Waals surface area contributed by atoms with Crippen LogP contribution < -0.4 is 5.32 Å². The third kappa shape index (κ3) is 2.63. The van der Waals surface area contributed by atoms with Crippen molar-refractivity contribution in [3.63, 3.8) is 0 Å². The normalized spacial score (nSPS) is 23.5. The van der Waals surface area contributed by atoms with Gasteiger partial charge in [-0.3, -0.25) is 4.79 Å². The second-order valence-corrected chi connectivity index (χ2v) is 5.22. The molecule has 1 saturated heterocycles. The van der Waals surface area contributed by atoms with Crippen molar-refractivity contribution in [3.8, 4) is 0 Å². The van der Waals surface area contributed by atoms with E-state index in [9.17, 15) is 9.59 Å². The molecule has 0 aromatic carbocycles. The SMILES string of the molecule is CC(C)C1C=CC=C(NC(=O)N2CCCC2)C1=O. The van der Waals surface area contributed by atoms with Crippen LogP contribution in [-0.2, 0) is 4.79 Å². The average molecular weight is 248 g/mol. The maximum absolute atomic E-state index is 12.2. The molecule has 0 aromatic rings. The highest BCUT2D eigenvalue weighted by Gasteiger charge is 2.27. The number of allylic oxidation sites excluding steroid dienone is 4. The number of nitrogens with zero attached hydrogens (tertiary/aromatic N) is 1. The monoisotopic (exact) mass is 248 g/mol. The first kappa shape index (κ1) is 12.9. The summed E-state index contributed by atoms with van der Waals surface area (Å²) >= 11 is 0. The Morgan fingerprint density at radius 2 is 2.06 bits per heavy atom. The van der Waals surface area contributed by atoms with Gasteiger partial charge in [0, 0.05) is 19.0 Å². The van der Waals surface area contributed by atoms with E-state index in [1.807, 2.05) is 26.0 Å². The van der Waals surface area contributed by atoms with Crippen molar-refractivity contribution < 1.29 is 9.59 Å². The lowest BCUT2D eigenvalue weighted by Gasteiger charge is -2.23. The quantitative estimate of drug-likeness (QED) is 0.813. The molecule has 1 atom stereocenters. The molecule has 98 valence electrons. The second kappa shape index (κ2) is 5.38. The van der Waals surface area contributed by atoms with E-state index in [1.165, 1.54) is 0 Å². The van der Waals surface area contributed by atoms with Crippen molar-refractivity contribution in [1.82, 2.24) is 10.2 Å². The molecular weight excluding hydrogens is 228 g/mol. The van der Waals surface area contributed by atoms with Crippen LogP contribution in [0.2, 0.25) is 0 Å². The van der Waals surface area contributed by atoms with Gasteiger partial charge in [0.2, 0.25) is 0 Å². The number of Topliss-reactive ketones (excluding diaryl/α,β-unsaturated/α-hetero) is 1. The Kier molecular flexibility index (Phi) is 3.84. The lowest BCUT2D eigenvalue weighted by atomic mass is 9.87. The second-order valence-electron chi connectivity index (χ2n) is 5.22. The Bertz CT molecular complexity index is 404. The molecular formula is C14H20N2O2. The van der Waals surface area contributed by atoms with Crippen LogP contribution in [0.1, 0.15) is 26.7 Å². The van der Waals surface area contributed by atoms with Crippen molar-refractivity contribution in [2.75, 3.05) is 13.1 Å². The average Bonchev–Trinajstić information content (AvgIpc) is 2.85. The largest absolute Gasteiger partial charge is 0.325 e. The topological polar surface area (TPSA) is 49.4 Å². The van der Waals surface area contributed by atoms with E-state index >= 15 is 0 Å². The molecule has 0 bridgehead atoms. The van der Waals surface area contributed by atoms with E-state index in [1.54, 1.807) is 11.0 Å². The van der Waals surface area contributed by atoms with Gasteiger partial charge < -0.3 is 10.2 Å². The molecule has 1 aliphatic carbocycles. The number of carbonyl (C=O) groups is 2. The first-order valence-electron chi connectivity index (χ1n) is 6.58. The molecule has 1 fully saturated rings. The van der Waals surface area contributed by atoms with Crippen molar-refractivity contribution >= 4 is 11.8 Å². The fraction of sp³-hybridized carbons (Fsp3) is 0.571. The van der Waals surface area contributed by atoms with Gasteiger partial charge in [0.25, 0.3) is 0 Å². The number of hydrogen-bond acceptors (Lipinski definition) is 2. The van der Waals surface area contributed by atoms with Crippen LogP contribution in [0.15, 0.2) is 23.9 Å². The van der Waals surface area contributed by atoms with Crippen LogP contribution in [-0.4, -0.2) is 29.8 Å². The molecule has 1 aliphatic heterocycles. The molecule has 0 spiro atoms. The van der Waals surface area contributed by atoms with Crippen molar-refractivity contribution in [3.05, 3.63) is 23.9 Å². The van der Waals surface area contributed by atoms with Gasteiger partial charge in [-0.25, -0.2) is 4.79 Å². The van der Waals surface area contributed by atoms with Crippen LogP contribution in [0, 0.1) is 11.8 Å². The molecule has 0 saturated carbocycles. The first-order valence-corrected chi connectivity index (χ1v) is 6.58. The van der Waals surface area contributed by atoms with E-state index in [0.717, 1.165) is 25.9 Å². The molecule has 1 N–H and O–H groups in total. The first-order chi connectivity index (χ1) is 8.59. The van der Waals surface area contributed by atoms with Gasteiger partial charge in [-0.1, -0.05) is 26.0 Å². The zero-order valence-corrected chi connectivity index (χ0v) is 11.0. The van der Waals surface area contributed by atoms with E-state index in [-0.39, 0.29) is 23.7 Å². The minimum absolute atomic E-state index is 0.0139. The maximum Gasteiger partial charge on any atom is 0.321 e. The minimum Gasteiger partial charge on any atom is -0.325 e. The van der Waals surface area contributed by atoms with Crippen LogP contribution in [0.5, 0.6) is 0 Å². The lowest BCUT2D eigenvalue weighted by molar-refractivity contribution is -0.119. The smallest absolute Gasteiger partial charge is 0.321 e. The van der Waals surface area contributed by atoms with Gasteiger partial charge in [0.1, 0.15) is 0 Å². The Balaban J connectivity index is 2.00. The molecule has 2 aliphatic rings.